The van der Waals surface area contributed by atoms with Gasteiger partial charge in [0.2, 0.25) is 0 Å². The van der Waals surface area contributed by atoms with Gasteiger partial charge in [-0.15, -0.1) is 0 Å². The van der Waals surface area contributed by atoms with E-state index in [1.54, 1.807) is 19.0 Å². The summed E-state index contributed by atoms with van der Waals surface area (Å²) >= 11 is 0. The van der Waals surface area contributed by atoms with E-state index in [1.165, 1.54) is 0 Å². The first-order chi connectivity index (χ1) is 7.82. The van der Waals surface area contributed by atoms with E-state index in [0.717, 1.165) is 12.1 Å². The third kappa shape index (κ3) is 3.15. The molecule has 0 aliphatic rings. The third-order valence-corrected chi connectivity index (χ3v) is 2.27. The summed E-state index contributed by atoms with van der Waals surface area (Å²) in [4.78, 5) is 12.5. The van der Waals surface area contributed by atoms with Gasteiger partial charge in [0, 0.05) is 17.7 Å². The van der Waals surface area contributed by atoms with Crippen LogP contribution in [0, 0.1) is 5.82 Å². The van der Waals surface area contributed by atoms with Crippen molar-refractivity contribution in [2.45, 2.75) is 12.6 Å². The molecule has 0 aromatic heterocycles. The summed E-state index contributed by atoms with van der Waals surface area (Å²) in [5, 5.41) is 18.6. The second-order valence-corrected chi connectivity index (χ2v) is 4.06. The summed E-state index contributed by atoms with van der Waals surface area (Å²) in [6.07, 6.45) is 0. The molecular weight excluding hydrogens is 227 g/mol. The number of hydrogen-bond donors (Lipinski definition) is 3. The zero-order valence-electron chi connectivity index (χ0n) is 9.64. The molecule has 0 heterocycles. The lowest BCUT2D eigenvalue weighted by Crippen LogP contribution is -2.21. The molecule has 1 unspecified atom stereocenters. The zero-order valence-corrected chi connectivity index (χ0v) is 9.64. The van der Waals surface area contributed by atoms with E-state index in [2.05, 4.69) is 0 Å². The molecule has 1 aromatic carbocycles. The fourth-order valence-corrected chi connectivity index (χ4v) is 1.51. The van der Waals surface area contributed by atoms with Gasteiger partial charge in [-0.3, -0.25) is 4.79 Å². The highest BCUT2D eigenvalue weighted by molar-refractivity contribution is 5.76. The van der Waals surface area contributed by atoms with Crippen molar-refractivity contribution in [2.24, 2.45) is 5.73 Å². The number of aromatic hydroxyl groups is 1. The molecule has 1 aromatic rings. The first kappa shape index (κ1) is 13.4. The summed E-state index contributed by atoms with van der Waals surface area (Å²) in [6.45, 7) is 0.295. The van der Waals surface area contributed by atoms with E-state index >= 15 is 0 Å². The van der Waals surface area contributed by atoms with E-state index in [9.17, 15) is 14.3 Å². The van der Waals surface area contributed by atoms with Crippen LogP contribution < -0.4 is 5.73 Å². The van der Waals surface area contributed by atoms with Gasteiger partial charge in [0.05, 0.1) is 0 Å². The number of carboxylic acid groups (broad SMARTS) is 1. The smallest absolute Gasteiger partial charge is 0.325 e. The summed E-state index contributed by atoms with van der Waals surface area (Å²) < 4.78 is 13.3. The fraction of sp³-hybridized carbons (Fsp3) is 0.364. The molecule has 17 heavy (non-hydrogen) atoms. The Morgan fingerprint density at radius 1 is 1.53 bits per heavy atom. The Kier molecular flexibility index (Phi) is 4.03. The van der Waals surface area contributed by atoms with Crippen LogP contribution in [-0.2, 0) is 11.3 Å². The lowest BCUT2D eigenvalue weighted by atomic mass is 10.0. The predicted octanol–water partition coefficient (Wildman–Crippen LogP) is 0.677. The summed E-state index contributed by atoms with van der Waals surface area (Å²) in [7, 11) is 3.50. The van der Waals surface area contributed by atoms with Crippen molar-refractivity contribution in [3.05, 3.63) is 29.1 Å². The minimum absolute atomic E-state index is 0.116. The van der Waals surface area contributed by atoms with Crippen LogP contribution in [0.4, 0.5) is 4.39 Å². The van der Waals surface area contributed by atoms with Crippen LogP contribution in [0.1, 0.15) is 17.2 Å². The minimum atomic E-state index is -1.44. The largest absolute Gasteiger partial charge is 0.507 e. The average molecular weight is 242 g/mol. The molecule has 1 rings (SSSR count). The zero-order chi connectivity index (χ0) is 13.2. The van der Waals surface area contributed by atoms with E-state index in [1.807, 2.05) is 0 Å². The van der Waals surface area contributed by atoms with Crippen LogP contribution >= 0.6 is 0 Å². The van der Waals surface area contributed by atoms with Crippen LogP contribution in [0.5, 0.6) is 5.75 Å². The highest BCUT2D eigenvalue weighted by Crippen LogP contribution is 2.29. The number of rotatable bonds is 4. The number of halogens is 1. The Bertz CT molecular complexity index is 435. The first-order valence-corrected chi connectivity index (χ1v) is 4.97. The van der Waals surface area contributed by atoms with Gasteiger partial charge < -0.3 is 20.8 Å². The molecule has 0 aliphatic carbocycles. The first-order valence-electron chi connectivity index (χ1n) is 4.97. The molecule has 0 radical (unpaired) electrons. The number of nitrogens with zero attached hydrogens (tertiary/aromatic N) is 1. The molecule has 0 aliphatic heterocycles. The van der Waals surface area contributed by atoms with Gasteiger partial charge in [0.25, 0.3) is 0 Å². The summed E-state index contributed by atoms with van der Waals surface area (Å²) in [5.41, 5.74) is 5.56. The van der Waals surface area contributed by atoms with Crippen LogP contribution in [0.15, 0.2) is 12.1 Å². The van der Waals surface area contributed by atoms with Crippen molar-refractivity contribution in [3.8, 4) is 5.75 Å². The lowest BCUT2D eigenvalue weighted by molar-refractivity contribution is -0.138. The highest BCUT2D eigenvalue weighted by Gasteiger charge is 2.21. The Morgan fingerprint density at radius 3 is 2.59 bits per heavy atom. The minimum Gasteiger partial charge on any atom is -0.507 e. The van der Waals surface area contributed by atoms with E-state index in [0.29, 0.717) is 12.1 Å². The molecule has 6 heteroatoms. The number of carbonyl (C=O) groups is 1. The van der Waals surface area contributed by atoms with Crippen molar-refractivity contribution >= 4 is 5.97 Å². The van der Waals surface area contributed by atoms with Gasteiger partial charge in [0.1, 0.15) is 17.6 Å². The van der Waals surface area contributed by atoms with Crippen molar-refractivity contribution in [2.75, 3.05) is 14.1 Å². The summed E-state index contributed by atoms with van der Waals surface area (Å²) in [6, 6.07) is 0.660. The lowest BCUT2D eigenvalue weighted by Gasteiger charge is -2.16. The van der Waals surface area contributed by atoms with E-state index < -0.39 is 17.8 Å². The molecule has 0 bridgehead atoms. The molecule has 0 spiro atoms. The molecule has 1 atom stereocenters. The number of phenolic OH excluding ortho intramolecular Hbond substituents is 1. The van der Waals surface area contributed by atoms with Crippen LogP contribution in [0.25, 0.3) is 0 Å². The second kappa shape index (κ2) is 5.11. The molecule has 0 saturated carbocycles. The van der Waals surface area contributed by atoms with Crippen molar-refractivity contribution in [3.63, 3.8) is 0 Å². The van der Waals surface area contributed by atoms with Gasteiger partial charge in [-0.25, -0.2) is 4.39 Å². The maximum atomic E-state index is 13.3. The van der Waals surface area contributed by atoms with Crippen molar-refractivity contribution < 1.29 is 19.4 Å². The number of aliphatic carboxylic acids is 1. The average Bonchev–Trinajstić information content (AvgIpc) is 2.21. The molecule has 94 valence electrons. The Balaban J connectivity index is 3.23. The molecule has 5 nitrogen and oxygen atoms in total. The molecule has 4 N–H and O–H groups in total. The Morgan fingerprint density at radius 2 is 2.12 bits per heavy atom. The fourth-order valence-electron chi connectivity index (χ4n) is 1.51. The third-order valence-electron chi connectivity index (χ3n) is 2.27. The molecular formula is C11H15FN2O3. The van der Waals surface area contributed by atoms with E-state index in [-0.39, 0.29) is 11.3 Å². The quantitative estimate of drug-likeness (QED) is 0.722. The molecule has 0 fully saturated rings. The topological polar surface area (TPSA) is 86.8 Å². The van der Waals surface area contributed by atoms with E-state index in [4.69, 9.17) is 10.8 Å². The number of phenols is 1. The number of nitrogens with two attached hydrogens (primary N) is 1. The van der Waals surface area contributed by atoms with Gasteiger partial charge in [-0.2, -0.15) is 0 Å². The van der Waals surface area contributed by atoms with Gasteiger partial charge in [-0.05, 0) is 26.2 Å². The molecule has 0 amide bonds. The van der Waals surface area contributed by atoms with Gasteiger partial charge in [-0.1, -0.05) is 0 Å². The highest BCUT2D eigenvalue weighted by atomic mass is 19.1. The Hall–Kier alpha value is -1.66. The number of hydrogen-bond acceptors (Lipinski definition) is 4. The standard InChI is InChI=1S/C11H15FN2O3/c1-14(2)5-6-3-7(12)4-8(10(6)15)9(13)11(16)17/h3-4,9,15H,5,13H2,1-2H3,(H,16,17). The van der Waals surface area contributed by atoms with Gasteiger partial charge in [0.15, 0.2) is 0 Å². The number of benzene rings is 1. The monoisotopic (exact) mass is 242 g/mol. The van der Waals surface area contributed by atoms with Gasteiger partial charge >= 0.3 is 5.97 Å². The maximum absolute atomic E-state index is 13.3. The van der Waals surface area contributed by atoms with Crippen LogP contribution in [0.2, 0.25) is 0 Å². The van der Waals surface area contributed by atoms with Crippen molar-refractivity contribution in [1.82, 2.24) is 4.90 Å². The second-order valence-electron chi connectivity index (χ2n) is 4.06. The van der Waals surface area contributed by atoms with Crippen LogP contribution in [-0.4, -0.2) is 35.2 Å². The number of carboxylic acids is 1. The predicted molar refractivity (Wildman–Crippen MR) is 60.0 cm³/mol. The SMILES string of the molecule is CN(C)Cc1cc(F)cc(C(N)C(=O)O)c1O. The normalized spacial score (nSPS) is 12.8. The maximum Gasteiger partial charge on any atom is 0.325 e. The van der Waals surface area contributed by atoms with Crippen LogP contribution in [0.3, 0.4) is 0 Å². The summed E-state index contributed by atoms with van der Waals surface area (Å²) in [5.74, 6) is -2.21. The van der Waals surface area contributed by atoms with Crippen molar-refractivity contribution in [1.29, 1.82) is 0 Å². The molecule has 0 saturated heterocycles. The Labute approximate surface area is 98.3 Å².